The van der Waals surface area contributed by atoms with Gasteiger partial charge in [-0.15, -0.1) is 0 Å². The Morgan fingerprint density at radius 1 is 1.23 bits per heavy atom. The lowest BCUT2D eigenvalue weighted by Gasteiger charge is -2.41. The summed E-state index contributed by atoms with van der Waals surface area (Å²) < 4.78 is 10.7. The van der Waals surface area contributed by atoms with Gasteiger partial charge >= 0.3 is 0 Å². The summed E-state index contributed by atoms with van der Waals surface area (Å²) in [6.45, 7) is 12.0. The van der Waals surface area contributed by atoms with Crippen LogP contribution in [0.3, 0.4) is 0 Å². The van der Waals surface area contributed by atoms with Crippen LogP contribution >= 0.6 is 0 Å². The zero-order chi connectivity index (χ0) is 21.4. The molecule has 0 atom stereocenters. The number of guanidine groups is 1. The minimum atomic E-state index is 0.00768. The molecule has 164 valence electrons. The van der Waals surface area contributed by atoms with E-state index < -0.39 is 0 Å². The number of nitrogens with zero attached hydrogens (tertiary/aromatic N) is 4. The molecule has 2 aromatic rings. The highest BCUT2D eigenvalue weighted by molar-refractivity contribution is 5.79. The highest BCUT2D eigenvalue weighted by atomic mass is 16.5. The third kappa shape index (κ3) is 5.93. The van der Waals surface area contributed by atoms with E-state index in [1.807, 2.05) is 24.3 Å². The molecular weight excluding hydrogens is 382 g/mol. The van der Waals surface area contributed by atoms with Crippen LogP contribution < -0.4 is 15.4 Å². The molecule has 0 amide bonds. The molecule has 0 unspecified atom stereocenters. The summed E-state index contributed by atoms with van der Waals surface area (Å²) >= 11 is 0. The fourth-order valence-corrected chi connectivity index (χ4v) is 3.31. The molecule has 1 aliphatic rings. The molecule has 9 nitrogen and oxygen atoms in total. The van der Waals surface area contributed by atoms with Crippen LogP contribution in [0.5, 0.6) is 5.75 Å². The Kier molecular flexibility index (Phi) is 7.64. The second-order valence-electron chi connectivity index (χ2n) is 7.79. The molecule has 1 aliphatic heterocycles. The Hall–Kier alpha value is -2.65. The van der Waals surface area contributed by atoms with Crippen LogP contribution in [0.15, 0.2) is 29.3 Å². The van der Waals surface area contributed by atoms with Crippen molar-refractivity contribution in [1.29, 1.82) is 0 Å². The molecule has 0 saturated carbocycles. The van der Waals surface area contributed by atoms with Crippen molar-refractivity contribution in [2.24, 2.45) is 4.99 Å². The van der Waals surface area contributed by atoms with Gasteiger partial charge < -0.3 is 20.1 Å². The Labute approximate surface area is 178 Å². The van der Waals surface area contributed by atoms with Crippen LogP contribution in [-0.2, 0) is 11.3 Å². The number of ether oxygens (including phenoxy) is 2. The van der Waals surface area contributed by atoms with Crippen LogP contribution in [0.1, 0.15) is 26.6 Å². The highest BCUT2D eigenvalue weighted by Crippen LogP contribution is 2.19. The van der Waals surface area contributed by atoms with Crippen molar-refractivity contribution < 1.29 is 9.47 Å². The standard InChI is InChI=1S/C21H33N7O2/c1-5-22-20(24-15-21(2,3)28-10-12-30-13-11-28)23-14-18-25-19(27-26-18)16-6-8-17(29-4)9-7-16/h6-9H,5,10-15H2,1-4H3,(H2,22,23,24)(H,25,26,27). The van der Waals surface area contributed by atoms with Crippen molar-refractivity contribution in [3.63, 3.8) is 0 Å². The number of benzene rings is 1. The normalized spacial score (nSPS) is 15.8. The van der Waals surface area contributed by atoms with Crippen LogP contribution in [0, 0.1) is 0 Å². The number of hydrogen-bond acceptors (Lipinski definition) is 6. The van der Waals surface area contributed by atoms with E-state index in [-0.39, 0.29) is 5.54 Å². The summed E-state index contributed by atoms with van der Waals surface area (Å²) in [5, 5.41) is 14.0. The number of aromatic amines is 1. The molecule has 1 saturated heterocycles. The zero-order valence-electron chi connectivity index (χ0n) is 18.4. The summed E-state index contributed by atoms with van der Waals surface area (Å²) in [5.74, 6) is 2.93. The Morgan fingerprint density at radius 2 is 1.97 bits per heavy atom. The zero-order valence-corrected chi connectivity index (χ0v) is 18.4. The molecule has 2 heterocycles. The highest BCUT2D eigenvalue weighted by Gasteiger charge is 2.28. The molecule has 0 spiro atoms. The van der Waals surface area contributed by atoms with Gasteiger partial charge in [-0.25, -0.2) is 9.98 Å². The third-order valence-electron chi connectivity index (χ3n) is 5.17. The van der Waals surface area contributed by atoms with E-state index in [1.165, 1.54) is 0 Å². The summed E-state index contributed by atoms with van der Waals surface area (Å²) in [6, 6.07) is 7.67. The minimum absolute atomic E-state index is 0.00768. The topological polar surface area (TPSA) is 99.7 Å². The molecule has 0 radical (unpaired) electrons. The lowest BCUT2D eigenvalue weighted by molar-refractivity contribution is -0.00834. The van der Waals surface area contributed by atoms with Gasteiger partial charge in [0.2, 0.25) is 0 Å². The van der Waals surface area contributed by atoms with Crippen LogP contribution in [0.4, 0.5) is 0 Å². The molecule has 1 aromatic heterocycles. The number of nitrogens with one attached hydrogen (secondary N) is 3. The molecule has 3 N–H and O–H groups in total. The number of aliphatic imine (C=N–C) groups is 1. The van der Waals surface area contributed by atoms with E-state index in [9.17, 15) is 0 Å². The average molecular weight is 416 g/mol. The molecule has 30 heavy (non-hydrogen) atoms. The van der Waals surface area contributed by atoms with E-state index in [0.29, 0.717) is 18.2 Å². The number of aromatic nitrogens is 3. The largest absolute Gasteiger partial charge is 0.497 e. The van der Waals surface area contributed by atoms with Crippen molar-refractivity contribution in [2.75, 3.05) is 46.5 Å². The van der Waals surface area contributed by atoms with Crippen LogP contribution in [0.25, 0.3) is 11.4 Å². The van der Waals surface area contributed by atoms with Crippen molar-refractivity contribution >= 4 is 5.96 Å². The lowest BCUT2D eigenvalue weighted by Crippen LogP contribution is -2.56. The van der Waals surface area contributed by atoms with Gasteiger partial charge in [-0.2, -0.15) is 5.10 Å². The van der Waals surface area contributed by atoms with Gasteiger partial charge in [0.1, 0.15) is 18.1 Å². The lowest BCUT2D eigenvalue weighted by atomic mass is 10.0. The van der Waals surface area contributed by atoms with Gasteiger partial charge in [0.05, 0.1) is 20.3 Å². The first-order valence-corrected chi connectivity index (χ1v) is 10.4. The van der Waals surface area contributed by atoms with Gasteiger partial charge in [0, 0.05) is 37.3 Å². The van der Waals surface area contributed by atoms with Crippen LogP contribution in [-0.4, -0.2) is 78.1 Å². The maximum absolute atomic E-state index is 5.47. The molecule has 0 aliphatic carbocycles. The maximum Gasteiger partial charge on any atom is 0.191 e. The average Bonchev–Trinajstić information content (AvgIpc) is 3.25. The number of hydrogen-bond donors (Lipinski definition) is 3. The first-order valence-electron chi connectivity index (χ1n) is 10.4. The van der Waals surface area contributed by atoms with Crippen molar-refractivity contribution in [3.05, 3.63) is 30.1 Å². The van der Waals surface area contributed by atoms with E-state index in [1.54, 1.807) is 7.11 Å². The van der Waals surface area contributed by atoms with Crippen molar-refractivity contribution in [2.45, 2.75) is 32.9 Å². The number of morpholine rings is 1. The predicted molar refractivity (Wildman–Crippen MR) is 118 cm³/mol. The third-order valence-corrected chi connectivity index (χ3v) is 5.17. The smallest absolute Gasteiger partial charge is 0.191 e. The first-order chi connectivity index (χ1) is 14.5. The first kappa shape index (κ1) is 22.0. The summed E-state index contributed by atoms with van der Waals surface area (Å²) in [4.78, 5) is 11.7. The van der Waals surface area contributed by atoms with E-state index in [4.69, 9.17) is 9.47 Å². The van der Waals surface area contributed by atoms with E-state index >= 15 is 0 Å². The van der Waals surface area contributed by atoms with Gasteiger partial charge in [-0.1, -0.05) is 0 Å². The van der Waals surface area contributed by atoms with Gasteiger partial charge in [-0.05, 0) is 45.0 Å². The molecule has 1 aromatic carbocycles. The van der Waals surface area contributed by atoms with E-state index in [2.05, 4.69) is 56.5 Å². The Morgan fingerprint density at radius 3 is 2.63 bits per heavy atom. The number of rotatable bonds is 8. The van der Waals surface area contributed by atoms with Gasteiger partial charge in [-0.3, -0.25) is 10.00 Å². The molecular formula is C21H33N7O2. The Bertz CT molecular complexity index is 811. The predicted octanol–water partition coefficient (Wildman–Crippen LogP) is 1.65. The molecule has 1 fully saturated rings. The monoisotopic (exact) mass is 415 g/mol. The summed E-state index contributed by atoms with van der Waals surface area (Å²) in [6.07, 6.45) is 0. The van der Waals surface area contributed by atoms with E-state index in [0.717, 1.165) is 56.7 Å². The second kappa shape index (κ2) is 10.4. The second-order valence-corrected chi connectivity index (χ2v) is 7.79. The fourth-order valence-electron chi connectivity index (χ4n) is 3.31. The van der Waals surface area contributed by atoms with Gasteiger partial charge in [0.15, 0.2) is 11.8 Å². The minimum Gasteiger partial charge on any atom is -0.497 e. The molecule has 9 heteroatoms. The van der Waals surface area contributed by atoms with Crippen molar-refractivity contribution in [3.8, 4) is 17.1 Å². The fraction of sp³-hybridized carbons (Fsp3) is 0.571. The SMILES string of the molecule is CCNC(=NCc1nc(-c2ccc(OC)cc2)n[nH]1)NCC(C)(C)N1CCOCC1. The molecule has 3 rings (SSSR count). The quantitative estimate of drug-likeness (QED) is 0.445. The summed E-state index contributed by atoms with van der Waals surface area (Å²) in [7, 11) is 1.65. The number of methoxy groups -OCH3 is 1. The van der Waals surface area contributed by atoms with Crippen LogP contribution in [0.2, 0.25) is 0 Å². The van der Waals surface area contributed by atoms with Gasteiger partial charge in [0.25, 0.3) is 0 Å². The number of H-pyrrole nitrogens is 1. The molecule has 0 bridgehead atoms. The maximum atomic E-state index is 5.47. The van der Waals surface area contributed by atoms with Crippen molar-refractivity contribution in [1.82, 2.24) is 30.7 Å². The Balaban J connectivity index is 1.59. The summed E-state index contributed by atoms with van der Waals surface area (Å²) in [5.41, 5.74) is 0.938.